The van der Waals surface area contributed by atoms with E-state index < -0.39 is 5.97 Å². The first kappa shape index (κ1) is 13.1. The molecule has 1 fully saturated rings. The maximum absolute atomic E-state index is 11.7. The third-order valence-electron chi connectivity index (χ3n) is 2.78. The van der Waals surface area contributed by atoms with E-state index in [0.717, 1.165) is 4.47 Å². The molecule has 2 unspecified atom stereocenters. The predicted octanol–water partition coefficient (Wildman–Crippen LogP) is 2.56. The van der Waals surface area contributed by atoms with Crippen LogP contribution in [0.1, 0.15) is 23.7 Å². The van der Waals surface area contributed by atoms with Crippen molar-refractivity contribution in [2.75, 3.05) is 6.61 Å². The number of carbonyl (C=O) groups is 2. The fourth-order valence-corrected chi connectivity index (χ4v) is 2.02. The highest BCUT2D eigenvalue weighted by atomic mass is 79.9. The van der Waals surface area contributed by atoms with E-state index in [1.54, 1.807) is 31.2 Å². The molecule has 1 saturated heterocycles. The lowest BCUT2D eigenvalue weighted by Gasteiger charge is -2.09. The summed E-state index contributed by atoms with van der Waals surface area (Å²) in [4.78, 5) is 22.9. The van der Waals surface area contributed by atoms with E-state index in [1.165, 1.54) is 0 Å². The fourth-order valence-electron chi connectivity index (χ4n) is 1.76. The van der Waals surface area contributed by atoms with Gasteiger partial charge in [0.1, 0.15) is 12.7 Å². The molecule has 5 heteroatoms. The summed E-state index contributed by atoms with van der Waals surface area (Å²) in [6, 6.07) is 6.90. The largest absolute Gasteiger partial charge is 0.458 e. The van der Waals surface area contributed by atoms with Crippen molar-refractivity contribution in [2.45, 2.75) is 19.4 Å². The molecule has 0 aliphatic carbocycles. The Morgan fingerprint density at radius 3 is 2.67 bits per heavy atom. The van der Waals surface area contributed by atoms with Crippen LogP contribution in [-0.4, -0.2) is 24.6 Å². The monoisotopic (exact) mass is 312 g/mol. The lowest BCUT2D eigenvalue weighted by Crippen LogP contribution is -2.18. The molecule has 0 aromatic heterocycles. The van der Waals surface area contributed by atoms with Crippen LogP contribution in [0.5, 0.6) is 0 Å². The third kappa shape index (κ3) is 3.10. The molecule has 1 aliphatic rings. The maximum Gasteiger partial charge on any atom is 0.338 e. The number of ether oxygens (including phenoxy) is 2. The van der Waals surface area contributed by atoms with Gasteiger partial charge in [0, 0.05) is 10.9 Å². The van der Waals surface area contributed by atoms with Gasteiger partial charge in [0.05, 0.1) is 11.5 Å². The van der Waals surface area contributed by atoms with Crippen LogP contribution in [-0.2, 0) is 14.3 Å². The average Bonchev–Trinajstić information content (AvgIpc) is 2.67. The normalized spacial score (nSPS) is 22.7. The fraction of sp³-hybridized carbons (Fsp3) is 0.385. The Morgan fingerprint density at radius 1 is 1.44 bits per heavy atom. The van der Waals surface area contributed by atoms with Crippen molar-refractivity contribution in [1.29, 1.82) is 0 Å². The van der Waals surface area contributed by atoms with Gasteiger partial charge in [0.25, 0.3) is 0 Å². The van der Waals surface area contributed by atoms with Crippen molar-refractivity contribution in [2.24, 2.45) is 5.92 Å². The Hall–Kier alpha value is -1.36. The second kappa shape index (κ2) is 5.52. The van der Waals surface area contributed by atoms with E-state index in [-0.39, 0.29) is 24.6 Å². The van der Waals surface area contributed by atoms with E-state index in [2.05, 4.69) is 15.9 Å². The van der Waals surface area contributed by atoms with E-state index in [1.807, 2.05) is 0 Å². The quantitative estimate of drug-likeness (QED) is 0.805. The van der Waals surface area contributed by atoms with Gasteiger partial charge >= 0.3 is 11.9 Å². The number of benzene rings is 1. The summed E-state index contributed by atoms with van der Waals surface area (Å²) in [5.74, 6) is -0.737. The Labute approximate surface area is 113 Å². The second-order valence-corrected chi connectivity index (χ2v) is 5.22. The molecule has 0 amide bonds. The number of carbonyl (C=O) groups excluding carboxylic acids is 2. The zero-order valence-corrected chi connectivity index (χ0v) is 11.5. The maximum atomic E-state index is 11.7. The molecule has 0 radical (unpaired) electrons. The minimum Gasteiger partial charge on any atom is -0.458 e. The lowest BCUT2D eigenvalue weighted by atomic mass is 10.1. The van der Waals surface area contributed by atoms with Crippen molar-refractivity contribution in [3.63, 3.8) is 0 Å². The summed E-state index contributed by atoms with van der Waals surface area (Å²) in [5.41, 5.74) is 0.482. The van der Waals surface area contributed by atoms with Crippen LogP contribution in [0.4, 0.5) is 0 Å². The molecular weight excluding hydrogens is 300 g/mol. The molecule has 0 spiro atoms. The van der Waals surface area contributed by atoms with Gasteiger partial charge < -0.3 is 9.47 Å². The summed E-state index contributed by atoms with van der Waals surface area (Å²) >= 11 is 3.29. The standard InChI is InChI=1S/C13H13BrO4/c1-8-6-11(18-12(8)15)7-17-13(16)9-2-4-10(14)5-3-9/h2-5,8,11H,6-7H2,1H3. The molecule has 96 valence electrons. The molecule has 2 atom stereocenters. The zero-order chi connectivity index (χ0) is 13.1. The molecule has 0 N–H and O–H groups in total. The SMILES string of the molecule is CC1CC(COC(=O)c2ccc(Br)cc2)OC1=O. The van der Waals surface area contributed by atoms with E-state index in [4.69, 9.17) is 9.47 Å². The summed E-state index contributed by atoms with van der Waals surface area (Å²) in [5, 5.41) is 0. The zero-order valence-electron chi connectivity index (χ0n) is 9.89. The summed E-state index contributed by atoms with van der Waals surface area (Å²) in [6.07, 6.45) is 0.291. The number of rotatable bonds is 3. The molecule has 1 aromatic rings. The minimum atomic E-state index is -0.405. The number of halogens is 1. The highest BCUT2D eigenvalue weighted by molar-refractivity contribution is 9.10. The van der Waals surface area contributed by atoms with Gasteiger partial charge in [-0.05, 0) is 24.3 Å². The number of hydrogen-bond acceptors (Lipinski definition) is 4. The molecule has 0 bridgehead atoms. The predicted molar refractivity (Wildman–Crippen MR) is 68.1 cm³/mol. The first-order valence-corrected chi connectivity index (χ1v) is 6.48. The van der Waals surface area contributed by atoms with Crippen molar-refractivity contribution in [3.8, 4) is 0 Å². The Balaban J connectivity index is 1.85. The summed E-state index contributed by atoms with van der Waals surface area (Å²) in [6.45, 7) is 1.92. The summed E-state index contributed by atoms with van der Waals surface area (Å²) in [7, 11) is 0. The van der Waals surface area contributed by atoms with Crippen LogP contribution in [0.15, 0.2) is 28.7 Å². The lowest BCUT2D eigenvalue weighted by molar-refractivity contribution is -0.145. The highest BCUT2D eigenvalue weighted by Crippen LogP contribution is 2.21. The minimum absolute atomic E-state index is 0.110. The van der Waals surface area contributed by atoms with Crippen molar-refractivity contribution in [1.82, 2.24) is 0 Å². The van der Waals surface area contributed by atoms with Gasteiger partial charge in [-0.1, -0.05) is 22.9 Å². The first-order chi connectivity index (χ1) is 8.56. The van der Waals surface area contributed by atoms with Gasteiger partial charge in [0.15, 0.2) is 0 Å². The van der Waals surface area contributed by atoms with Crippen LogP contribution in [0, 0.1) is 5.92 Å². The second-order valence-electron chi connectivity index (χ2n) is 4.30. The molecule has 18 heavy (non-hydrogen) atoms. The molecule has 0 saturated carbocycles. The van der Waals surface area contributed by atoms with Crippen LogP contribution in [0.25, 0.3) is 0 Å². The Morgan fingerprint density at radius 2 is 2.11 bits per heavy atom. The van der Waals surface area contributed by atoms with Crippen LogP contribution < -0.4 is 0 Å². The molecule has 1 heterocycles. The molecule has 4 nitrogen and oxygen atoms in total. The topological polar surface area (TPSA) is 52.6 Å². The van der Waals surface area contributed by atoms with Gasteiger partial charge in [-0.3, -0.25) is 4.79 Å². The van der Waals surface area contributed by atoms with Crippen molar-refractivity contribution < 1.29 is 19.1 Å². The first-order valence-electron chi connectivity index (χ1n) is 5.69. The van der Waals surface area contributed by atoms with Crippen LogP contribution in [0.2, 0.25) is 0 Å². The molecular formula is C13H13BrO4. The van der Waals surface area contributed by atoms with Gasteiger partial charge in [0.2, 0.25) is 0 Å². The molecule has 1 aliphatic heterocycles. The Bertz CT molecular complexity index is 455. The summed E-state index contributed by atoms with van der Waals surface area (Å²) < 4.78 is 11.1. The molecule has 2 rings (SSSR count). The van der Waals surface area contributed by atoms with E-state index >= 15 is 0 Å². The number of cyclic esters (lactones) is 1. The van der Waals surface area contributed by atoms with Crippen LogP contribution in [0.3, 0.4) is 0 Å². The number of esters is 2. The van der Waals surface area contributed by atoms with Crippen LogP contribution >= 0.6 is 15.9 Å². The van der Waals surface area contributed by atoms with E-state index in [0.29, 0.717) is 12.0 Å². The highest BCUT2D eigenvalue weighted by Gasteiger charge is 2.31. The van der Waals surface area contributed by atoms with E-state index in [9.17, 15) is 9.59 Å². The Kier molecular flexibility index (Phi) is 4.01. The third-order valence-corrected chi connectivity index (χ3v) is 3.31. The number of hydrogen-bond donors (Lipinski definition) is 0. The average molecular weight is 313 g/mol. The molecule has 1 aromatic carbocycles. The van der Waals surface area contributed by atoms with Gasteiger partial charge in [-0.25, -0.2) is 4.79 Å². The van der Waals surface area contributed by atoms with Crippen molar-refractivity contribution >= 4 is 27.9 Å². The smallest absolute Gasteiger partial charge is 0.338 e. The van der Waals surface area contributed by atoms with Gasteiger partial charge in [-0.15, -0.1) is 0 Å². The van der Waals surface area contributed by atoms with Gasteiger partial charge in [-0.2, -0.15) is 0 Å². The van der Waals surface area contributed by atoms with Crippen molar-refractivity contribution in [3.05, 3.63) is 34.3 Å².